The fourth-order valence-electron chi connectivity index (χ4n) is 2.75. The Hall–Kier alpha value is -2.39. The summed E-state index contributed by atoms with van der Waals surface area (Å²) in [4.78, 5) is 29.4. The number of benzene rings is 1. The monoisotopic (exact) mass is 436 g/mol. The lowest BCUT2D eigenvalue weighted by Crippen LogP contribution is -2.06. The molecule has 0 unspecified atom stereocenters. The molecule has 134 valence electrons. The highest BCUT2D eigenvalue weighted by molar-refractivity contribution is 9.10. The first kappa shape index (κ1) is 17.0. The molecule has 9 heteroatoms. The summed E-state index contributed by atoms with van der Waals surface area (Å²) in [7, 11) is 0. The number of rotatable bonds is 5. The van der Waals surface area contributed by atoms with Gasteiger partial charge in [0.25, 0.3) is 0 Å². The van der Waals surface area contributed by atoms with Gasteiger partial charge in [0.2, 0.25) is 6.79 Å². The lowest BCUT2D eigenvalue weighted by atomic mass is 10.1. The third kappa shape index (κ3) is 2.86. The van der Waals surface area contributed by atoms with Crippen molar-refractivity contribution in [1.82, 2.24) is 9.38 Å². The smallest absolute Gasteiger partial charge is 0.311 e. The van der Waals surface area contributed by atoms with Crippen molar-refractivity contribution in [1.29, 1.82) is 0 Å². The van der Waals surface area contributed by atoms with Gasteiger partial charge in [-0.2, -0.15) is 0 Å². The number of carbonyl (C=O) groups is 2. The zero-order chi connectivity index (χ0) is 18.3. The molecule has 7 nitrogen and oxygen atoms in total. The highest BCUT2D eigenvalue weighted by Crippen LogP contribution is 2.42. The maximum Gasteiger partial charge on any atom is 0.311 e. The molecule has 0 aliphatic carbocycles. The number of thiazole rings is 1. The summed E-state index contributed by atoms with van der Waals surface area (Å²) in [6, 6.07) is 3.59. The average molecular weight is 437 g/mol. The van der Waals surface area contributed by atoms with E-state index in [9.17, 15) is 9.59 Å². The molecule has 3 heterocycles. The van der Waals surface area contributed by atoms with Crippen LogP contribution in [0.1, 0.15) is 22.3 Å². The predicted octanol–water partition coefficient (Wildman–Crippen LogP) is 3.47. The Kier molecular flexibility index (Phi) is 4.41. The van der Waals surface area contributed by atoms with Gasteiger partial charge >= 0.3 is 5.97 Å². The third-order valence-electron chi connectivity index (χ3n) is 3.86. The van der Waals surface area contributed by atoms with Crippen LogP contribution in [0, 0.1) is 0 Å². The Morgan fingerprint density at radius 2 is 2.19 bits per heavy atom. The summed E-state index contributed by atoms with van der Waals surface area (Å²) in [5, 5.41) is 0. The minimum Gasteiger partial charge on any atom is -0.466 e. The molecule has 26 heavy (non-hydrogen) atoms. The van der Waals surface area contributed by atoms with Crippen LogP contribution in [0.3, 0.4) is 0 Å². The van der Waals surface area contributed by atoms with Gasteiger partial charge in [0, 0.05) is 21.1 Å². The SMILES string of the molecule is CCOC(=O)Cc1cn2c(C=O)c(-c3cc4c(cc3Br)OCO4)nc2s1. The van der Waals surface area contributed by atoms with Gasteiger partial charge in [-0.3, -0.25) is 14.0 Å². The number of imidazole rings is 1. The van der Waals surface area contributed by atoms with Gasteiger partial charge in [0.15, 0.2) is 22.7 Å². The fourth-order valence-corrected chi connectivity index (χ4v) is 4.23. The lowest BCUT2D eigenvalue weighted by molar-refractivity contribution is -0.142. The Bertz CT molecular complexity index is 1030. The summed E-state index contributed by atoms with van der Waals surface area (Å²) in [6.45, 7) is 2.27. The molecule has 0 spiro atoms. The quantitative estimate of drug-likeness (QED) is 0.449. The fraction of sp³-hybridized carbons (Fsp3) is 0.235. The Labute approximate surface area is 160 Å². The van der Waals surface area contributed by atoms with E-state index in [1.54, 1.807) is 29.7 Å². The second kappa shape index (κ2) is 6.73. The highest BCUT2D eigenvalue weighted by atomic mass is 79.9. The van der Waals surface area contributed by atoms with Crippen LogP contribution in [0.5, 0.6) is 11.5 Å². The van der Waals surface area contributed by atoms with Crippen LogP contribution in [0.25, 0.3) is 16.2 Å². The van der Waals surface area contributed by atoms with Crippen LogP contribution in [0.15, 0.2) is 22.8 Å². The van der Waals surface area contributed by atoms with Gasteiger partial charge in [0.1, 0.15) is 11.4 Å². The standard InChI is InChI=1S/C17H13BrN2O5S/c1-2-23-15(22)3-9-6-20-12(7-21)16(19-17(20)26-9)10-4-13-14(5-11(10)18)25-8-24-13/h4-7H,2-3,8H2,1H3. The van der Waals surface area contributed by atoms with Crippen LogP contribution in [-0.4, -0.2) is 35.0 Å². The van der Waals surface area contributed by atoms with Gasteiger partial charge in [-0.25, -0.2) is 4.98 Å². The van der Waals surface area contributed by atoms with E-state index in [-0.39, 0.29) is 19.2 Å². The molecule has 2 aromatic heterocycles. The zero-order valence-corrected chi connectivity index (χ0v) is 16.1. The van der Waals surface area contributed by atoms with Crippen molar-refractivity contribution in [3.05, 3.63) is 33.4 Å². The van der Waals surface area contributed by atoms with E-state index in [0.717, 1.165) is 21.2 Å². The van der Waals surface area contributed by atoms with Gasteiger partial charge in [-0.05, 0) is 35.0 Å². The molecule has 1 aromatic carbocycles. The molecule has 0 N–H and O–H groups in total. The first-order valence-electron chi connectivity index (χ1n) is 7.81. The maximum absolute atomic E-state index is 11.7. The van der Waals surface area contributed by atoms with Gasteiger partial charge in [0.05, 0.1) is 13.0 Å². The summed E-state index contributed by atoms with van der Waals surface area (Å²) < 4.78 is 18.2. The summed E-state index contributed by atoms with van der Waals surface area (Å²) >= 11 is 4.85. The molecule has 0 atom stereocenters. The van der Waals surface area contributed by atoms with E-state index in [4.69, 9.17) is 14.2 Å². The number of nitrogens with zero attached hydrogens (tertiary/aromatic N) is 2. The number of aromatic nitrogens is 2. The van der Waals surface area contributed by atoms with E-state index in [2.05, 4.69) is 20.9 Å². The molecule has 1 aliphatic heterocycles. The number of carbonyl (C=O) groups excluding carboxylic acids is 2. The number of aldehydes is 1. The number of hydrogen-bond donors (Lipinski definition) is 0. The minimum absolute atomic E-state index is 0.156. The van der Waals surface area contributed by atoms with Crippen molar-refractivity contribution in [2.24, 2.45) is 0 Å². The van der Waals surface area contributed by atoms with E-state index in [0.29, 0.717) is 34.5 Å². The lowest BCUT2D eigenvalue weighted by Gasteiger charge is -2.05. The number of halogens is 1. The molecular formula is C17H13BrN2O5S. The van der Waals surface area contributed by atoms with Crippen molar-refractivity contribution in [3.8, 4) is 22.8 Å². The molecule has 0 amide bonds. The highest BCUT2D eigenvalue weighted by Gasteiger charge is 2.23. The van der Waals surface area contributed by atoms with Crippen molar-refractivity contribution in [2.75, 3.05) is 13.4 Å². The van der Waals surface area contributed by atoms with Crippen molar-refractivity contribution in [2.45, 2.75) is 13.3 Å². The van der Waals surface area contributed by atoms with Gasteiger partial charge < -0.3 is 14.2 Å². The number of fused-ring (bicyclic) bond motifs is 2. The van der Waals surface area contributed by atoms with Gasteiger partial charge in [-0.1, -0.05) is 0 Å². The van der Waals surface area contributed by atoms with E-state index in [1.807, 2.05) is 0 Å². The maximum atomic E-state index is 11.7. The summed E-state index contributed by atoms with van der Waals surface area (Å²) in [5.41, 5.74) is 1.68. The van der Waals surface area contributed by atoms with Crippen LogP contribution >= 0.6 is 27.3 Å². The molecule has 0 bridgehead atoms. The molecule has 1 aliphatic rings. The van der Waals surface area contributed by atoms with Crippen molar-refractivity contribution >= 4 is 44.5 Å². The van der Waals surface area contributed by atoms with Crippen LogP contribution < -0.4 is 9.47 Å². The van der Waals surface area contributed by atoms with Gasteiger partial charge in [-0.15, -0.1) is 11.3 Å². The Morgan fingerprint density at radius 1 is 1.42 bits per heavy atom. The Morgan fingerprint density at radius 3 is 2.92 bits per heavy atom. The molecule has 0 fully saturated rings. The molecule has 0 saturated heterocycles. The molecule has 0 radical (unpaired) electrons. The minimum atomic E-state index is -0.302. The van der Waals surface area contributed by atoms with Crippen molar-refractivity contribution < 1.29 is 23.8 Å². The molecule has 0 saturated carbocycles. The van der Waals surface area contributed by atoms with Crippen molar-refractivity contribution in [3.63, 3.8) is 0 Å². The molecular weight excluding hydrogens is 424 g/mol. The largest absolute Gasteiger partial charge is 0.466 e. The second-order valence-electron chi connectivity index (χ2n) is 5.48. The predicted molar refractivity (Wildman–Crippen MR) is 98.1 cm³/mol. The normalized spacial score (nSPS) is 12.5. The summed E-state index contributed by atoms with van der Waals surface area (Å²) in [6.07, 6.45) is 2.66. The number of esters is 1. The van der Waals surface area contributed by atoms with E-state index in [1.165, 1.54) is 11.3 Å². The zero-order valence-electron chi connectivity index (χ0n) is 13.7. The first-order valence-corrected chi connectivity index (χ1v) is 9.42. The van der Waals surface area contributed by atoms with E-state index < -0.39 is 0 Å². The Balaban J connectivity index is 1.76. The second-order valence-corrected chi connectivity index (χ2v) is 7.43. The molecule has 3 aromatic rings. The topological polar surface area (TPSA) is 79.1 Å². The third-order valence-corrected chi connectivity index (χ3v) is 5.50. The number of ether oxygens (including phenoxy) is 3. The molecule has 4 rings (SSSR count). The first-order chi connectivity index (χ1) is 12.6. The number of hydrogen-bond acceptors (Lipinski definition) is 7. The van der Waals surface area contributed by atoms with E-state index >= 15 is 0 Å². The summed E-state index contributed by atoms with van der Waals surface area (Å²) in [5.74, 6) is 0.953. The van der Waals surface area contributed by atoms with Crippen LogP contribution in [-0.2, 0) is 16.0 Å². The average Bonchev–Trinajstić information content (AvgIpc) is 3.27. The van der Waals surface area contributed by atoms with Crippen LogP contribution in [0.2, 0.25) is 0 Å². The van der Waals surface area contributed by atoms with Crippen LogP contribution in [0.4, 0.5) is 0 Å².